The number of ether oxygens (including phenoxy) is 2. The fourth-order valence-corrected chi connectivity index (χ4v) is 5.02. The summed E-state index contributed by atoms with van der Waals surface area (Å²) in [5.41, 5.74) is 0.677. The number of methoxy groups -OCH3 is 1. The lowest BCUT2D eigenvalue weighted by Crippen LogP contribution is -2.54. The molecular formula is C21H24BrClN2O4S. The van der Waals surface area contributed by atoms with Gasteiger partial charge >= 0.3 is 5.97 Å². The quantitative estimate of drug-likeness (QED) is 0.522. The fraction of sp³-hybridized carbons (Fsp3) is 0.429. The highest BCUT2D eigenvalue weighted by Gasteiger charge is 2.28. The lowest BCUT2D eigenvalue weighted by molar-refractivity contribution is -0.139. The van der Waals surface area contributed by atoms with Crippen molar-refractivity contribution in [1.29, 1.82) is 0 Å². The normalized spacial score (nSPS) is 17.1. The molecule has 1 atom stereocenters. The summed E-state index contributed by atoms with van der Waals surface area (Å²) in [6.07, 6.45) is 0.0846. The van der Waals surface area contributed by atoms with Crippen molar-refractivity contribution in [2.24, 2.45) is 0 Å². The summed E-state index contributed by atoms with van der Waals surface area (Å²) in [6.45, 7) is 5.08. The van der Waals surface area contributed by atoms with Gasteiger partial charge in [-0.3, -0.25) is 14.5 Å². The first-order valence-corrected chi connectivity index (χ1v) is 11.6. The summed E-state index contributed by atoms with van der Waals surface area (Å²) >= 11 is 11.0. The molecule has 1 aliphatic rings. The Morgan fingerprint density at radius 3 is 2.73 bits per heavy atom. The number of hydrogen-bond donors (Lipinski definition) is 0. The first-order chi connectivity index (χ1) is 14.4. The van der Waals surface area contributed by atoms with Gasteiger partial charge in [0.1, 0.15) is 5.75 Å². The molecule has 1 amide bonds. The van der Waals surface area contributed by atoms with E-state index in [1.165, 1.54) is 12.0 Å². The van der Waals surface area contributed by atoms with E-state index >= 15 is 0 Å². The van der Waals surface area contributed by atoms with E-state index < -0.39 is 0 Å². The van der Waals surface area contributed by atoms with Gasteiger partial charge in [-0.2, -0.15) is 0 Å². The molecule has 1 fully saturated rings. The smallest absolute Gasteiger partial charge is 0.310 e. The highest BCUT2D eigenvalue weighted by Crippen LogP contribution is 2.25. The predicted molar refractivity (Wildman–Crippen MR) is 121 cm³/mol. The van der Waals surface area contributed by atoms with E-state index in [0.29, 0.717) is 17.9 Å². The summed E-state index contributed by atoms with van der Waals surface area (Å²) in [6, 6.07) is 9.42. The summed E-state index contributed by atoms with van der Waals surface area (Å²) in [5.74, 6) is 0.0899. The third-order valence-corrected chi connectivity index (χ3v) is 6.69. The highest BCUT2D eigenvalue weighted by atomic mass is 79.9. The van der Waals surface area contributed by atoms with Crippen LogP contribution in [-0.4, -0.2) is 61.1 Å². The monoisotopic (exact) mass is 514 g/mol. The molecule has 30 heavy (non-hydrogen) atoms. The lowest BCUT2D eigenvalue weighted by atomic mass is 10.1. The van der Waals surface area contributed by atoms with E-state index in [2.05, 4.69) is 20.8 Å². The molecule has 9 heteroatoms. The molecule has 2 heterocycles. The molecule has 1 aliphatic heterocycles. The van der Waals surface area contributed by atoms with Crippen molar-refractivity contribution in [2.45, 2.75) is 25.9 Å². The first kappa shape index (κ1) is 23.1. The van der Waals surface area contributed by atoms with Gasteiger partial charge in [0.05, 0.1) is 17.9 Å². The zero-order chi connectivity index (χ0) is 21.7. The van der Waals surface area contributed by atoms with E-state index in [9.17, 15) is 9.59 Å². The van der Waals surface area contributed by atoms with Crippen molar-refractivity contribution in [3.05, 3.63) is 49.6 Å². The molecule has 1 saturated heterocycles. The first-order valence-electron chi connectivity index (χ1n) is 9.59. The van der Waals surface area contributed by atoms with Gasteiger partial charge in [0.2, 0.25) is 0 Å². The van der Waals surface area contributed by atoms with E-state index in [4.69, 9.17) is 21.1 Å². The standard InChI is InChI=1S/C21H24BrClN2O4S/c1-14-11-24(12-17-4-6-19(23)30-17)7-8-25(14)20(26)13-29-18-5-3-16(22)9-15(18)10-21(27)28-2/h3-6,9,14H,7-8,10-13H2,1-2H3. The maximum atomic E-state index is 12.8. The molecule has 0 saturated carbocycles. The van der Waals surface area contributed by atoms with Gasteiger partial charge in [0.25, 0.3) is 5.91 Å². The number of piperazine rings is 1. The average molecular weight is 516 g/mol. The van der Waals surface area contributed by atoms with Crippen LogP contribution in [0.5, 0.6) is 5.75 Å². The number of rotatable bonds is 7. The second kappa shape index (κ2) is 10.6. The molecule has 0 spiro atoms. The molecule has 0 N–H and O–H groups in total. The van der Waals surface area contributed by atoms with Crippen molar-refractivity contribution in [3.63, 3.8) is 0 Å². The lowest BCUT2D eigenvalue weighted by Gasteiger charge is -2.39. The summed E-state index contributed by atoms with van der Waals surface area (Å²) in [4.78, 5) is 29.8. The van der Waals surface area contributed by atoms with Crippen LogP contribution in [0.1, 0.15) is 17.4 Å². The predicted octanol–water partition coefficient (Wildman–Crippen LogP) is 3.99. The number of carbonyl (C=O) groups excluding carboxylic acids is 2. The fourth-order valence-electron chi connectivity index (χ4n) is 3.48. The zero-order valence-corrected chi connectivity index (χ0v) is 20.1. The number of esters is 1. The molecule has 1 unspecified atom stereocenters. The number of carbonyl (C=O) groups is 2. The van der Waals surface area contributed by atoms with Crippen LogP contribution in [0.25, 0.3) is 0 Å². The van der Waals surface area contributed by atoms with E-state index in [1.54, 1.807) is 23.5 Å². The maximum absolute atomic E-state index is 12.8. The number of nitrogens with zero attached hydrogens (tertiary/aromatic N) is 2. The van der Waals surface area contributed by atoms with Gasteiger partial charge in [0, 0.05) is 47.1 Å². The SMILES string of the molecule is COC(=O)Cc1cc(Br)ccc1OCC(=O)N1CCN(Cc2ccc(Cl)s2)CC1C. The molecule has 6 nitrogen and oxygen atoms in total. The molecule has 3 rings (SSSR count). The Kier molecular flexibility index (Phi) is 8.16. The Morgan fingerprint density at radius 1 is 1.27 bits per heavy atom. The second-order valence-electron chi connectivity index (χ2n) is 7.17. The summed E-state index contributed by atoms with van der Waals surface area (Å²) in [7, 11) is 1.35. The molecule has 1 aromatic heterocycles. The minimum Gasteiger partial charge on any atom is -0.483 e. The number of amides is 1. The van der Waals surface area contributed by atoms with Crippen molar-refractivity contribution in [2.75, 3.05) is 33.4 Å². The average Bonchev–Trinajstić information content (AvgIpc) is 3.11. The van der Waals surface area contributed by atoms with Crippen molar-refractivity contribution >= 4 is 50.7 Å². The zero-order valence-electron chi connectivity index (χ0n) is 16.9. The minimum atomic E-state index is -0.360. The van der Waals surface area contributed by atoms with Crippen molar-refractivity contribution in [1.82, 2.24) is 9.80 Å². The maximum Gasteiger partial charge on any atom is 0.310 e. The van der Waals surface area contributed by atoms with Crippen LogP contribution in [0.4, 0.5) is 0 Å². The number of benzene rings is 1. The number of hydrogen-bond acceptors (Lipinski definition) is 6. The molecule has 0 aliphatic carbocycles. The van der Waals surface area contributed by atoms with Crippen LogP contribution in [0.15, 0.2) is 34.8 Å². The third kappa shape index (κ3) is 6.20. The molecule has 2 aromatic rings. The highest BCUT2D eigenvalue weighted by molar-refractivity contribution is 9.10. The topological polar surface area (TPSA) is 59.1 Å². The Labute approximate surface area is 193 Å². The van der Waals surface area contributed by atoms with Crippen molar-refractivity contribution in [3.8, 4) is 5.75 Å². The van der Waals surface area contributed by atoms with Crippen molar-refractivity contribution < 1.29 is 19.1 Å². The molecule has 0 radical (unpaired) electrons. The largest absolute Gasteiger partial charge is 0.483 e. The van der Waals surface area contributed by atoms with E-state index in [-0.39, 0.29) is 30.9 Å². The van der Waals surface area contributed by atoms with Gasteiger partial charge in [-0.05, 0) is 37.3 Å². The third-order valence-electron chi connectivity index (χ3n) is 4.98. The summed E-state index contributed by atoms with van der Waals surface area (Å²) < 4.78 is 12.1. The van der Waals surface area contributed by atoms with E-state index in [0.717, 1.165) is 28.4 Å². The van der Waals surface area contributed by atoms with Gasteiger partial charge in [-0.15, -0.1) is 11.3 Å². The van der Waals surface area contributed by atoms with Gasteiger partial charge in [0.15, 0.2) is 6.61 Å². The molecular weight excluding hydrogens is 492 g/mol. The van der Waals surface area contributed by atoms with Crippen LogP contribution in [0.2, 0.25) is 4.34 Å². The Hall–Kier alpha value is -1.61. The van der Waals surface area contributed by atoms with Crippen LogP contribution in [-0.2, 0) is 27.3 Å². The summed E-state index contributed by atoms with van der Waals surface area (Å²) in [5, 5.41) is 0. The number of halogens is 2. The Morgan fingerprint density at radius 2 is 2.07 bits per heavy atom. The van der Waals surface area contributed by atoms with Gasteiger partial charge in [-0.1, -0.05) is 27.5 Å². The minimum absolute atomic E-state index is 0.0618. The molecule has 162 valence electrons. The second-order valence-corrected chi connectivity index (χ2v) is 9.89. The Bertz CT molecular complexity index is 907. The van der Waals surface area contributed by atoms with Crippen LogP contribution >= 0.6 is 38.9 Å². The Balaban J connectivity index is 1.55. The molecule has 0 bridgehead atoms. The number of thiophene rings is 1. The van der Waals surface area contributed by atoms with Gasteiger partial charge < -0.3 is 14.4 Å². The molecule has 1 aromatic carbocycles. The van der Waals surface area contributed by atoms with Crippen LogP contribution in [0.3, 0.4) is 0 Å². The van der Waals surface area contributed by atoms with Crippen LogP contribution < -0.4 is 4.74 Å². The van der Waals surface area contributed by atoms with E-state index in [1.807, 2.05) is 30.0 Å². The van der Waals surface area contributed by atoms with Gasteiger partial charge in [-0.25, -0.2) is 0 Å². The van der Waals surface area contributed by atoms with Crippen LogP contribution in [0, 0.1) is 0 Å².